The third kappa shape index (κ3) is 5.90. The molecule has 0 heterocycles. The zero-order valence-electron chi connectivity index (χ0n) is 17.5. The summed E-state index contributed by atoms with van der Waals surface area (Å²) in [5, 5.41) is 3.08. The van der Waals surface area contributed by atoms with Gasteiger partial charge in [-0.05, 0) is 61.5 Å². The van der Waals surface area contributed by atoms with Crippen LogP contribution in [0.3, 0.4) is 0 Å². The van der Waals surface area contributed by atoms with Crippen molar-refractivity contribution in [1.82, 2.24) is 0 Å². The first-order valence-electron chi connectivity index (χ1n) is 9.78. The molecule has 0 saturated carbocycles. The number of hydrogen-bond donors (Lipinski definition) is 1. The van der Waals surface area contributed by atoms with E-state index in [2.05, 4.69) is 11.9 Å². The average molecular weight is 471 g/mol. The number of ether oxygens (including phenoxy) is 1. The molecular weight excluding hydrogens is 448 g/mol. The molecule has 1 N–H and O–H groups in total. The topological polar surface area (TPSA) is 75.7 Å². The fraction of sp³-hybridized carbons (Fsp3) is 0.125. The Bertz CT molecular complexity index is 1190. The van der Waals surface area contributed by atoms with Crippen molar-refractivity contribution in [2.24, 2.45) is 0 Å². The number of amides is 1. The lowest BCUT2D eigenvalue weighted by molar-refractivity contribution is -0.114. The number of anilines is 2. The van der Waals surface area contributed by atoms with E-state index in [4.69, 9.17) is 16.3 Å². The van der Waals surface area contributed by atoms with Gasteiger partial charge in [0, 0.05) is 10.7 Å². The van der Waals surface area contributed by atoms with Gasteiger partial charge >= 0.3 is 0 Å². The van der Waals surface area contributed by atoms with Crippen LogP contribution in [0.4, 0.5) is 11.4 Å². The number of nitrogens with one attached hydrogen (secondary N) is 1. The lowest BCUT2D eigenvalue weighted by Crippen LogP contribution is -2.38. The molecule has 32 heavy (non-hydrogen) atoms. The van der Waals surface area contributed by atoms with Gasteiger partial charge in [0.1, 0.15) is 18.9 Å². The highest BCUT2D eigenvalue weighted by molar-refractivity contribution is 7.92. The predicted octanol–water partition coefficient (Wildman–Crippen LogP) is 5.05. The van der Waals surface area contributed by atoms with Gasteiger partial charge in [0.15, 0.2) is 0 Å². The summed E-state index contributed by atoms with van der Waals surface area (Å²) in [6, 6.07) is 19.6. The average Bonchev–Trinajstić information content (AvgIpc) is 2.77. The molecule has 0 aliphatic heterocycles. The molecule has 3 aromatic carbocycles. The molecule has 1 amide bonds. The Morgan fingerprint density at radius 1 is 1.09 bits per heavy atom. The van der Waals surface area contributed by atoms with Crippen LogP contribution in [-0.2, 0) is 14.8 Å². The summed E-state index contributed by atoms with van der Waals surface area (Å²) in [6.07, 6.45) is 1.63. The summed E-state index contributed by atoms with van der Waals surface area (Å²) in [6.45, 7) is 5.41. The maximum Gasteiger partial charge on any atom is 0.264 e. The first kappa shape index (κ1) is 23.4. The fourth-order valence-corrected chi connectivity index (χ4v) is 4.50. The van der Waals surface area contributed by atoms with Crippen LogP contribution < -0.4 is 14.4 Å². The van der Waals surface area contributed by atoms with E-state index in [1.807, 2.05) is 6.92 Å². The molecule has 0 aliphatic rings. The first-order valence-corrected chi connectivity index (χ1v) is 11.6. The number of carbonyl (C=O) groups excluding carboxylic acids is 1. The smallest absolute Gasteiger partial charge is 0.264 e. The van der Waals surface area contributed by atoms with Crippen LogP contribution in [0.15, 0.2) is 90.3 Å². The minimum absolute atomic E-state index is 0.0830. The van der Waals surface area contributed by atoms with E-state index in [-0.39, 0.29) is 4.90 Å². The lowest BCUT2D eigenvalue weighted by Gasteiger charge is -2.24. The largest absolute Gasteiger partial charge is 0.490 e. The molecule has 0 fully saturated rings. The second-order valence-electron chi connectivity index (χ2n) is 6.98. The third-order valence-corrected chi connectivity index (χ3v) is 6.52. The van der Waals surface area contributed by atoms with E-state index in [9.17, 15) is 13.2 Å². The van der Waals surface area contributed by atoms with Crippen LogP contribution >= 0.6 is 11.6 Å². The Hall–Kier alpha value is -3.29. The minimum Gasteiger partial charge on any atom is -0.490 e. The highest BCUT2D eigenvalue weighted by atomic mass is 35.5. The molecular formula is C24H23ClN2O4S. The second kappa shape index (κ2) is 10.3. The van der Waals surface area contributed by atoms with Crippen molar-refractivity contribution in [1.29, 1.82) is 0 Å². The van der Waals surface area contributed by atoms with E-state index in [1.54, 1.807) is 60.7 Å². The van der Waals surface area contributed by atoms with E-state index in [0.717, 1.165) is 9.87 Å². The molecule has 3 rings (SSSR count). The van der Waals surface area contributed by atoms with Crippen LogP contribution in [0, 0.1) is 6.92 Å². The number of halogens is 1. The summed E-state index contributed by atoms with van der Waals surface area (Å²) in [5.41, 5.74) is 1.73. The van der Waals surface area contributed by atoms with Gasteiger partial charge in [0.25, 0.3) is 10.0 Å². The van der Waals surface area contributed by atoms with E-state index < -0.39 is 22.5 Å². The van der Waals surface area contributed by atoms with Gasteiger partial charge in [-0.25, -0.2) is 8.42 Å². The highest BCUT2D eigenvalue weighted by Crippen LogP contribution is 2.26. The maximum atomic E-state index is 13.4. The van der Waals surface area contributed by atoms with Gasteiger partial charge in [0.05, 0.1) is 10.6 Å². The number of rotatable bonds is 9. The highest BCUT2D eigenvalue weighted by Gasteiger charge is 2.27. The number of carbonyl (C=O) groups is 1. The molecule has 0 bridgehead atoms. The quantitative estimate of drug-likeness (QED) is 0.444. The summed E-state index contributed by atoms with van der Waals surface area (Å²) in [7, 11) is -4.01. The molecule has 6 nitrogen and oxygen atoms in total. The number of nitrogens with zero attached hydrogens (tertiary/aromatic N) is 1. The van der Waals surface area contributed by atoms with Gasteiger partial charge in [-0.2, -0.15) is 0 Å². The summed E-state index contributed by atoms with van der Waals surface area (Å²) >= 11 is 6.08. The van der Waals surface area contributed by atoms with Crippen LogP contribution in [-0.4, -0.2) is 27.5 Å². The normalized spacial score (nSPS) is 10.9. The third-order valence-electron chi connectivity index (χ3n) is 4.50. The van der Waals surface area contributed by atoms with E-state index >= 15 is 0 Å². The Morgan fingerprint density at radius 2 is 1.78 bits per heavy atom. The SMILES string of the molecule is C=CCOc1ccc(NC(=O)CN(c2cccc(Cl)c2)S(=O)(=O)c2ccc(C)cc2)cc1. The molecule has 166 valence electrons. The van der Waals surface area contributed by atoms with Gasteiger partial charge in [-0.3, -0.25) is 9.10 Å². The summed E-state index contributed by atoms with van der Waals surface area (Å²) < 4.78 is 33.2. The molecule has 8 heteroatoms. The molecule has 0 saturated heterocycles. The number of benzene rings is 3. The molecule has 0 atom stereocenters. The second-order valence-corrected chi connectivity index (χ2v) is 9.28. The van der Waals surface area contributed by atoms with Gasteiger partial charge < -0.3 is 10.1 Å². The summed E-state index contributed by atoms with van der Waals surface area (Å²) in [5.74, 6) is 0.130. The summed E-state index contributed by atoms with van der Waals surface area (Å²) in [4.78, 5) is 12.9. The standard InChI is InChI=1S/C24H23ClN2O4S/c1-3-15-31-22-11-9-20(10-12-22)26-24(28)17-27(21-6-4-5-19(25)16-21)32(29,30)23-13-7-18(2)8-14-23/h3-14,16H,1,15,17H2,2H3,(H,26,28). The van der Waals surface area contributed by atoms with Crippen LogP contribution in [0.5, 0.6) is 5.75 Å². The lowest BCUT2D eigenvalue weighted by atomic mass is 10.2. The Balaban J connectivity index is 1.85. The van der Waals surface area contributed by atoms with Crippen molar-refractivity contribution < 1.29 is 17.9 Å². The molecule has 0 aromatic heterocycles. The van der Waals surface area contributed by atoms with Crippen LogP contribution in [0.25, 0.3) is 0 Å². The van der Waals surface area contributed by atoms with Gasteiger partial charge in [-0.15, -0.1) is 0 Å². The molecule has 0 aliphatic carbocycles. The number of hydrogen-bond acceptors (Lipinski definition) is 4. The zero-order valence-corrected chi connectivity index (χ0v) is 19.1. The Morgan fingerprint density at radius 3 is 2.41 bits per heavy atom. The maximum absolute atomic E-state index is 13.4. The van der Waals surface area contributed by atoms with Crippen molar-refractivity contribution in [3.63, 3.8) is 0 Å². The Labute approximate surface area is 193 Å². The first-order chi connectivity index (χ1) is 15.3. The van der Waals surface area contributed by atoms with E-state index in [1.165, 1.54) is 18.2 Å². The van der Waals surface area contributed by atoms with Crippen molar-refractivity contribution in [3.05, 3.63) is 96.0 Å². The van der Waals surface area contributed by atoms with Gasteiger partial charge in [-0.1, -0.05) is 48.0 Å². The molecule has 0 unspecified atom stereocenters. The van der Waals surface area contributed by atoms with Crippen molar-refractivity contribution >= 4 is 38.9 Å². The Kier molecular flexibility index (Phi) is 7.56. The van der Waals surface area contributed by atoms with Crippen LogP contribution in [0.2, 0.25) is 5.02 Å². The number of aryl methyl sites for hydroxylation is 1. The molecule has 0 radical (unpaired) electrons. The fourth-order valence-electron chi connectivity index (χ4n) is 2.90. The van der Waals surface area contributed by atoms with Crippen LogP contribution in [0.1, 0.15) is 5.56 Å². The number of sulfonamides is 1. The monoisotopic (exact) mass is 470 g/mol. The van der Waals surface area contributed by atoms with Gasteiger partial charge in [0.2, 0.25) is 5.91 Å². The van der Waals surface area contributed by atoms with E-state index in [0.29, 0.717) is 28.8 Å². The zero-order chi connectivity index (χ0) is 23.1. The van der Waals surface area contributed by atoms with Crippen molar-refractivity contribution in [2.75, 3.05) is 22.8 Å². The molecule has 3 aromatic rings. The van der Waals surface area contributed by atoms with Crippen molar-refractivity contribution in [3.8, 4) is 5.75 Å². The predicted molar refractivity (Wildman–Crippen MR) is 128 cm³/mol. The van der Waals surface area contributed by atoms with Crippen molar-refractivity contribution in [2.45, 2.75) is 11.8 Å². The molecule has 0 spiro atoms. The minimum atomic E-state index is -4.01.